The molecule has 1 aromatic heterocycles. The molecule has 0 amide bonds. The summed E-state index contributed by atoms with van der Waals surface area (Å²) in [7, 11) is -3.60. The summed E-state index contributed by atoms with van der Waals surface area (Å²) in [4.78, 5) is 0.297. The third-order valence-corrected chi connectivity index (χ3v) is 5.32. The van der Waals surface area contributed by atoms with Crippen LogP contribution in [0.2, 0.25) is 0 Å². The summed E-state index contributed by atoms with van der Waals surface area (Å²) in [6.45, 7) is 3.85. The van der Waals surface area contributed by atoms with Crippen molar-refractivity contribution in [2.24, 2.45) is 0 Å². The molecule has 0 aliphatic heterocycles. The number of para-hydroxylation sites is 1. The molecule has 0 aliphatic carbocycles. The van der Waals surface area contributed by atoms with Gasteiger partial charge in [0.05, 0.1) is 10.4 Å². The smallest absolute Gasteiger partial charge is 0.241 e. The Balaban J connectivity index is 2.27. The van der Waals surface area contributed by atoms with Crippen molar-refractivity contribution in [1.29, 1.82) is 0 Å². The molecule has 0 bridgehead atoms. The van der Waals surface area contributed by atoms with Crippen LogP contribution in [0.25, 0.3) is 17.0 Å². The quantitative estimate of drug-likeness (QED) is 0.726. The van der Waals surface area contributed by atoms with Crippen LogP contribution in [0, 0.1) is 6.92 Å². The molecule has 3 rings (SSSR count). The lowest BCUT2D eigenvalue weighted by molar-refractivity contribution is 0.589. The monoisotopic (exact) mass is 311 g/mol. The number of rotatable bonds is 3. The fourth-order valence-electron chi connectivity index (χ4n) is 2.51. The average Bonchev–Trinajstić information content (AvgIpc) is 2.88. The van der Waals surface area contributed by atoms with Crippen molar-refractivity contribution in [3.05, 3.63) is 71.9 Å². The van der Waals surface area contributed by atoms with Gasteiger partial charge in [0.15, 0.2) is 0 Å². The molecule has 1 heterocycles. The van der Waals surface area contributed by atoms with Crippen LogP contribution >= 0.6 is 0 Å². The molecule has 4 heteroatoms. The minimum atomic E-state index is -3.60. The minimum absolute atomic E-state index is 0.297. The van der Waals surface area contributed by atoms with E-state index in [0.29, 0.717) is 10.4 Å². The molecule has 2 aromatic carbocycles. The van der Waals surface area contributed by atoms with E-state index in [1.807, 2.05) is 62.4 Å². The summed E-state index contributed by atoms with van der Waals surface area (Å²) < 4.78 is 27.2. The second-order valence-electron chi connectivity index (χ2n) is 5.22. The Morgan fingerprint density at radius 1 is 1.00 bits per heavy atom. The number of benzene rings is 2. The highest BCUT2D eigenvalue weighted by molar-refractivity contribution is 7.90. The van der Waals surface area contributed by atoms with Gasteiger partial charge < -0.3 is 0 Å². The number of nitrogens with zero attached hydrogens (tertiary/aromatic N) is 1. The third-order valence-electron chi connectivity index (χ3n) is 3.63. The largest absolute Gasteiger partial charge is 0.268 e. The lowest BCUT2D eigenvalue weighted by atomic mass is 10.2. The Labute approximate surface area is 130 Å². The fraction of sp³-hybridized carbons (Fsp3) is 0.111. The van der Waals surface area contributed by atoms with E-state index in [9.17, 15) is 8.42 Å². The minimum Gasteiger partial charge on any atom is -0.241 e. The Morgan fingerprint density at radius 3 is 2.36 bits per heavy atom. The molecule has 0 saturated heterocycles. The lowest BCUT2D eigenvalue weighted by Crippen LogP contribution is -2.11. The maximum absolute atomic E-state index is 12.9. The number of hydrogen-bond acceptors (Lipinski definition) is 2. The molecule has 3 nitrogen and oxygen atoms in total. The van der Waals surface area contributed by atoms with Crippen molar-refractivity contribution in [2.75, 3.05) is 0 Å². The van der Waals surface area contributed by atoms with Gasteiger partial charge >= 0.3 is 0 Å². The fourth-order valence-corrected chi connectivity index (χ4v) is 3.89. The van der Waals surface area contributed by atoms with Crippen molar-refractivity contribution in [3.8, 4) is 0 Å². The van der Waals surface area contributed by atoms with Gasteiger partial charge in [-0.25, -0.2) is 12.4 Å². The normalized spacial score (nSPS) is 12.3. The van der Waals surface area contributed by atoms with Crippen LogP contribution in [0.15, 0.2) is 65.7 Å². The molecule has 0 fully saturated rings. The van der Waals surface area contributed by atoms with Crippen LogP contribution in [-0.2, 0) is 10.0 Å². The Hall–Kier alpha value is -2.33. The molecule has 22 heavy (non-hydrogen) atoms. The number of aromatic nitrogens is 1. The summed E-state index contributed by atoms with van der Waals surface area (Å²) in [6.07, 6.45) is 5.51. The predicted molar refractivity (Wildman–Crippen MR) is 90.4 cm³/mol. The Morgan fingerprint density at radius 2 is 1.68 bits per heavy atom. The first-order valence-electron chi connectivity index (χ1n) is 7.09. The average molecular weight is 311 g/mol. The van der Waals surface area contributed by atoms with E-state index in [1.54, 1.807) is 18.3 Å². The van der Waals surface area contributed by atoms with E-state index >= 15 is 0 Å². The first-order chi connectivity index (χ1) is 10.5. The highest BCUT2D eigenvalue weighted by Crippen LogP contribution is 2.26. The third kappa shape index (κ3) is 2.35. The van der Waals surface area contributed by atoms with Gasteiger partial charge in [0.1, 0.15) is 0 Å². The molecule has 0 radical (unpaired) electrons. The molecule has 3 aromatic rings. The van der Waals surface area contributed by atoms with Crippen molar-refractivity contribution in [1.82, 2.24) is 3.97 Å². The number of aryl methyl sites for hydroxylation is 1. The van der Waals surface area contributed by atoms with Gasteiger partial charge in [-0.3, -0.25) is 0 Å². The predicted octanol–water partition coefficient (Wildman–Crippen LogP) is 4.22. The van der Waals surface area contributed by atoms with E-state index < -0.39 is 10.0 Å². The van der Waals surface area contributed by atoms with Gasteiger partial charge in [-0.1, -0.05) is 48.0 Å². The van der Waals surface area contributed by atoms with Gasteiger partial charge in [-0.15, -0.1) is 0 Å². The van der Waals surface area contributed by atoms with Crippen LogP contribution < -0.4 is 0 Å². The van der Waals surface area contributed by atoms with Gasteiger partial charge in [0.2, 0.25) is 0 Å². The van der Waals surface area contributed by atoms with Crippen molar-refractivity contribution in [2.45, 2.75) is 18.7 Å². The van der Waals surface area contributed by atoms with Crippen molar-refractivity contribution in [3.63, 3.8) is 0 Å². The summed E-state index contributed by atoms with van der Waals surface area (Å²) in [5.74, 6) is 0. The zero-order chi connectivity index (χ0) is 15.7. The molecule has 0 unspecified atom stereocenters. The summed E-state index contributed by atoms with van der Waals surface area (Å²) in [5.41, 5.74) is 2.62. The van der Waals surface area contributed by atoms with E-state index in [2.05, 4.69) is 0 Å². The summed E-state index contributed by atoms with van der Waals surface area (Å²) in [6, 6.07) is 14.4. The maximum Gasteiger partial charge on any atom is 0.268 e. The van der Waals surface area contributed by atoms with Crippen molar-refractivity contribution < 1.29 is 8.42 Å². The Bertz CT molecular complexity index is 948. The molecule has 112 valence electrons. The number of allylic oxidation sites excluding steroid dienone is 1. The van der Waals surface area contributed by atoms with E-state index in [1.165, 1.54) is 3.97 Å². The standard InChI is InChI=1S/C18H17NO2S/c1-3-6-15-13-19(18-8-5-4-7-17(15)18)22(20,21)16-11-9-14(2)10-12-16/h3-13H,1-2H3/b6-3+. The highest BCUT2D eigenvalue weighted by atomic mass is 32.2. The molecular weight excluding hydrogens is 294 g/mol. The van der Waals surface area contributed by atoms with E-state index in [-0.39, 0.29) is 0 Å². The SMILES string of the molecule is C/C=C/c1cn(S(=O)(=O)c2ccc(C)cc2)c2ccccc12. The summed E-state index contributed by atoms with van der Waals surface area (Å²) in [5, 5.41) is 0.927. The number of fused-ring (bicyclic) bond motifs is 1. The first kappa shape index (κ1) is 14.6. The van der Waals surface area contributed by atoms with E-state index in [0.717, 1.165) is 16.5 Å². The topological polar surface area (TPSA) is 39.1 Å². The van der Waals surface area contributed by atoms with Crippen LogP contribution in [0.5, 0.6) is 0 Å². The van der Waals surface area contributed by atoms with Crippen LogP contribution in [0.3, 0.4) is 0 Å². The van der Waals surface area contributed by atoms with E-state index in [4.69, 9.17) is 0 Å². The van der Waals surface area contributed by atoms with Crippen molar-refractivity contribution >= 4 is 27.0 Å². The lowest BCUT2D eigenvalue weighted by Gasteiger charge is -2.07. The van der Waals surface area contributed by atoms with Gasteiger partial charge in [0, 0.05) is 17.1 Å². The molecule has 0 saturated carbocycles. The van der Waals surface area contributed by atoms with Crippen LogP contribution in [0.4, 0.5) is 0 Å². The summed E-state index contributed by atoms with van der Waals surface area (Å²) >= 11 is 0. The van der Waals surface area contributed by atoms with Gasteiger partial charge in [0.25, 0.3) is 10.0 Å². The maximum atomic E-state index is 12.9. The van der Waals surface area contributed by atoms with Crippen LogP contribution in [-0.4, -0.2) is 12.4 Å². The molecular formula is C18H17NO2S. The zero-order valence-corrected chi connectivity index (χ0v) is 13.3. The number of hydrogen-bond donors (Lipinski definition) is 0. The van der Waals surface area contributed by atoms with Gasteiger partial charge in [-0.2, -0.15) is 0 Å². The zero-order valence-electron chi connectivity index (χ0n) is 12.5. The van der Waals surface area contributed by atoms with Gasteiger partial charge in [-0.05, 0) is 32.0 Å². The second kappa shape index (κ2) is 5.46. The molecule has 0 spiro atoms. The molecule has 0 N–H and O–H groups in total. The molecule has 0 aliphatic rings. The highest BCUT2D eigenvalue weighted by Gasteiger charge is 2.20. The second-order valence-corrected chi connectivity index (χ2v) is 7.03. The molecule has 0 atom stereocenters. The van der Waals surface area contributed by atoms with Crippen LogP contribution in [0.1, 0.15) is 18.1 Å². The first-order valence-corrected chi connectivity index (χ1v) is 8.53. The Kier molecular flexibility index (Phi) is 3.62.